The van der Waals surface area contributed by atoms with E-state index >= 15 is 0 Å². The van der Waals surface area contributed by atoms with Crippen LogP contribution in [0.3, 0.4) is 0 Å². The fraction of sp³-hybridized carbons (Fsp3) is 0.438. The summed E-state index contributed by atoms with van der Waals surface area (Å²) in [5.74, 6) is 0.493. The highest BCUT2D eigenvalue weighted by atomic mass is 35.5. The molecule has 3 heterocycles. The third kappa shape index (κ3) is 8.46. The van der Waals surface area contributed by atoms with Crippen molar-refractivity contribution < 1.29 is 28.2 Å². The first-order chi connectivity index (χ1) is 21.9. The van der Waals surface area contributed by atoms with Crippen molar-refractivity contribution in [3.63, 3.8) is 0 Å². The molecule has 0 radical (unpaired) electrons. The van der Waals surface area contributed by atoms with Crippen molar-refractivity contribution >= 4 is 51.6 Å². The zero-order valence-electron chi connectivity index (χ0n) is 24.8. The maximum absolute atomic E-state index is 13.7. The first-order valence-corrected chi connectivity index (χ1v) is 15.6. The normalized spacial score (nSPS) is 19.2. The van der Waals surface area contributed by atoms with Crippen molar-refractivity contribution in [3.8, 4) is 5.75 Å². The lowest BCUT2D eigenvalue weighted by Crippen LogP contribution is -2.47. The number of cyclic esters (lactones) is 1. The summed E-state index contributed by atoms with van der Waals surface area (Å²) in [5, 5.41) is 6.79. The Hall–Kier alpha value is -3.84. The van der Waals surface area contributed by atoms with E-state index < -0.39 is 11.9 Å². The van der Waals surface area contributed by atoms with Crippen LogP contribution in [-0.2, 0) is 19.1 Å². The molecule has 238 valence electrons. The number of piperazine rings is 1. The summed E-state index contributed by atoms with van der Waals surface area (Å²) in [7, 11) is 0. The molecule has 3 aliphatic rings. The van der Waals surface area contributed by atoms with Gasteiger partial charge in [-0.05, 0) is 43.0 Å². The SMILES string of the molecule is O=C(/C=C/CN1CCN(CCOC2CCOC2=O)CC1)Nc1cc2c(Nc3ccc(F)c(Cl)c3)ncnc2cc1OCC1CC1. The average molecular weight is 639 g/mol. The molecule has 11 nitrogen and oxygen atoms in total. The number of carbonyl (C=O) groups is 2. The summed E-state index contributed by atoms with van der Waals surface area (Å²) in [6, 6.07) is 7.92. The molecule has 6 rings (SSSR count). The number of nitrogens with zero attached hydrogens (tertiary/aromatic N) is 4. The standard InChI is InChI=1S/C32H36ClFN6O5/c33-24-16-22(5-6-25(24)34)37-31-23-17-27(29(45-19-21-3-4-21)18-26(23)35-20-36-31)38-30(41)2-1-8-39-9-11-40(12-10-39)13-15-43-28-7-14-44-32(28)42/h1-2,5-6,16-18,20-21,28H,3-4,7-15,19H2,(H,38,41)(H,35,36,37)/b2-1+. The third-order valence-electron chi connectivity index (χ3n) is 8.06. The molecule has 13 heteroatoms. The van der Waals surface area contributed by atoms with Crippen molar-refractivity contribution in [1.82, 2.24) is 19.8 Å². The molecule has 3 fully saturated rings. The number of hydrogen-bond acceptors (Lipinski definition) is 10. The molecule has 2 N–H and O–H groups in total. The number of rotatable bonds is 13. The molecule has 0 spiro atoms. The number of nitrogens with one attached hydrogen (secondary N) is 2. The maximum atomic E-state index is 13.7. The molecule has 1 amide bonds. The van der Waals surface area contributed by atoms with Gasteiger partial charge in [0.1, 0.15) is 23.7 Å². The van der Waals surface area contributed by atoms with Gasteiger partial charge in [-0.1, -0.05) is 17.7 Å². The Bertz CT molecular complexity index is 1560. The van der Waals surface area contributed by atoms with E-state index in [4.69, 9.17) is 25.8 Å². The van der Waals surface area contributed by atoms with Crippen molar-refractivity contribution in [3.05, 3.63) is 59.7 Å². The van der Waals surface area contributed by atoms with E-state index in [2.05, 4.69) is 30.4 Å². The summed E-state index contributed by atoms with van der Waals surface area (Å²) in [4.78, 5) is 37.9. The quantitative estimate of drug-likeness (QED) is 0.206. The molecule has 1 aromatic heterocycles. The van der Waals surface area contributed by atoms with Crippen molar-refractivity contribution in [1.29, 1.82) is 0 Å². The number of ether oxygens (including phenoxy) is 3. The summed E-state index contributed by atoms with van der Waals surface area (Å²) >= 11 is 5.97. The molecule has 2 aromatic carbocycles. The molecular weight excluding hydrogens is 603 g/mol. The van der Waals surface area contributed by atoms with Crippen LogP contribution in [0, 0.1) is 11.7 Å². The first kappa shape index (κ1) is 31.2. The predicted molar refractivity (Wildman–Crippen MR) is 168 cm³/mol. The number of anilines is 3. The molecule has 1 aliphatic carbocycles. The van der Waals surface area contributed by atoms with Crippen LogP contribution in [0.5, 0.6) is 5.75 Å². The summed E-state index contributed by atoms with van der Waals surface area (Å²) < 4.78 is 30.4. The highest BCUT2D eigenvalue weighted by molar-refractivity contribution is 6.31. The Labute approximate surface area is 265 Å². The van der Waals surface area contributed by atoms with E-state index in [9.17, 15) is 14.0 Å². The number of esters is 1. The van der Waals surface area contributed by atoms with Gasteiger partial charge in [0, 0.05) is 68.9 Å². The lowest BCUT2D eigenvalue weighted by Gasteiger charge is -2.34. The number of amides is 1. The Morgan fingerprint density at radius 3 is 2.69 bits per heavy atom. The smallest absolute Gasteiger partial charge is 0.335 e. The van der Waals surface area contributed by atoms with Crippen LogP contribution in [0.2, 0.25) is 5.02 Å². The minimum absolute atomic E-state index is 0.00505. The molecule has 2 aliphatic heterocycles. The second kappa shape index (κ2) is 14.5. The van der Waals surface area contributed by atoms with E-state index in [0.717, 1.165) is 45.6 Å². The minimum atomic E-state index is -0.511. The van der Waals surface area contributed by atoms with Crippen LogP contribution >= 0.6 is 11.6 Å². The molecule has 45 heavy (non-hydrogen) atoms. The van der Waals surface area contributed by atoms with Gasteiger partial charge in [-0.2, -0.15) is 0 Å². The van der Waals surface area contributed by atoms with Gasteiger partial charge in [0.15, 0.2) is 6.10 Å². The lowest BCUT2D eigenvalue weighted by molar-refractivity contribution is -0.147. The Morgan fingerprint density at radius 1 is 1.11 bits per heavy atom. The second-order valence-corrected chi connectivity index (χ2v) is 11.9. The van der Waals surface area contributed by atoms with E-state index in [0.29, 0.717) is 72.5 Å². The van der Waals surface area contributed by atoms with Gasteiger partial charge >= 0.3 is 5.97 Å². The summed E-state index contributed by atoms with van der Waals surface area (Å²) in [6.07, 6.45) is 7.30. The number of fused-ring (bicyclic) bond motifs is 1. The van der Waals surface area contributed by atoms with E-state index in [-0.39, 0.29) is 16.9 Å². The van der Waals surface area contributed by atoms with E-state index in [1.165, 1.54) is 24.5 Å². The molecule has 0 bridgehead atoms. The van der Waals surface area contributed by atoms with Gasteiger partial charge in [-0.3, -0.25) is 14.6 Å². The van der Waals surface area contributed by atoms with Gasteiger partial charge in [-0.25, -0.2) is 19.2 Å². The zero-order chi connectivity index (χ0) is 31.2. The van der Waals surface area contributed by atoms with Crippen LogP contribution in [0.1, 0.15) is 19.3 Å². The first-order valence-electron chi connectivity index (χ1n) is 15.3. The van der Waals surface area contributed by atoms with Crippen molar-refractivity contribution in [2.45, 2.75) is 25.4 Å². The van der Waals surface area contributed by atoms with Gasteiger partial charge in [0.25, 0.3) is 0 Å². The fourth-order valence-electron chi connectivity index (χ4n) is 5.23. The number of hydrogen-bond donors (Lipinski definition) is 2. The Morgan fingerprint density at radius 2 is 1.93 bits per heavy atom. The predicted octanol–water partition coefficient (Wildman–Crippen LogP) is 4.40. The average Bonchev–Trinajstić information content (AvgIpc) is 3.78. The van der Waals surface area contributed by atoms with Crippen LogP contribution in [0.15, 0.2) is 48.8 Å². The van der Waals surface area contributed by atoms with E-state index in [1.54, 1.807) is 18.2 Å². The van der Waals surface area contributed by atoms with Crippen LogP contribution in [0.25, 0.3) is 10.9 Å². The monoisotopic (exact) mass is 638 g/mol. The fourth-order valence-corrected chi connectivity index (χ4v) is 5.42. The topological polar surface area (TPSA) is 118 Å². The van der Waals surface area contributed by atoms with Crippen LogP contribution in [-0.4, -0.2) is 96.8 Å². The molecular formula is C32H36ClFN6O5. The number of aromatic nitrogens is 2. The third-order valence-corrected chi connectivity index (χ3v) is 8.35. The minimum Gasteiger partial charge on any atom is -0.491 e. The Balaban J connectivity index is 1.05. The summed E-state index contributed by atoms with van der Waals surface area (Å²) in [6.45, 7) is 6.45. The second-order valence-electron chi connectivity index (χ2n) is 11.4. The number of halogens is 2. The van der Waals surface area contributed by atoms with Gasteiger partial charge < -0.3 is 24.8 Å². The van der Waals surface area contributed by atoms with Gasteiger partial charge in [0.05, 0.1) is 36.0 Å². The van der Waals surface area contributed by atoms with Gasteiger partial charge in [-0.15, -0.1) is 0 Å². The van der Waals surface area contributed by atoms with Gasteiger partial charge in [0.2, 0.25) is 5.91 Å². The number of carbonyl (C=O) groups excluding carboxylic acids is 2. The van der Waals surface area contributed by atoms with E-state index in [1.807, 2.05) is 6.08 Å². The molecule has 1 atom stereocenters. The maximum Gasteiger partial charge on any atom is 0.335 e. The highest BCUT2D eigenvalue weighted by Gasteiger charge is 2.27. The number of benzene rings is 2. The summed E-state index contributed by atoms with van der Waals surface area (Å²) in [5.41, 5.74) is 1.70. The Kier molecular flexibility index (Phi) is 10.0. The molecule has 3 aromatic rings. The van der Waals surface area contributed by atoms with Crippen LogP contribution in [0.4, 0.5) is 21.6 Å². The molecule has 2 saturated heterocycles. The van der Waals surface area contributed by atoms with Crippen LogP contribution < -0.4 is 15.4 Å². The highest BCUT2D eigenvalue weighted by Crippen LogP contribution is 2.36. The van der Waals surface area contributed by atoms with Crippen molar-refractivity contribution in [2.75, 3.05) is 69.7 Å². The lowest BCUT2D eigenvalue weighted by atomic mass is 10.1. The van der Waals surface area contributed by atoms with Crippen molar-refractivity contribution in [2.24, 2.45) is 5.92 Å². The molecule has 1 unspecified atom stereocenters. The largest absolute Gasteiger partial charge is 0.491 e. The molecule has 1 saturated carbocycles. The zero-order valence-corrected chi connectivity index (χ0v) is 25.6.